The van der Waals surface area contributed by atoms with Gasteiger partial charge in [0.05, 0.1) is 23.1 Å². The summed E-state index contributed by atoms with van der Waals surface area (Å²) in [4.78, 5) is 9.10. The van der Waals surface area contributed by atoms with E-state index in [0.29, 0.717) is 0 Å². The average Bonchev–Trinajstić information content (AvgIpc) is 2.58. The minimum absolute atomic E-state index is 0.219. The normalized spacial score (nSPS) is 11.5. The molecule has 2 heterocycles. The maximum absolute atomic E-state index is 7.21. The molecule has 0 atom stereocenters. The number of aromatic amines is 1. The number of aryl methyl sites for hydroxylation is 1. The molecule has 0 radical (unpaired) electrons. The molecule has 11 heavy (non-hydrogen) atoms. The molecule has 1 N–H and O–H groups in total. The first-order valence-electron chi connectivity index (χ1n) is 3.84. The number of nitrogens with zero attached hydrogens (tertiary/aromatic N) is 1. The molecular weight excluding hydrogens is 156 g/mol. The number of hydrogen-bond acceptors (Lipinski definition) is 2. The van der Waals surface area contributed by atoms with Crippen LogP contribution < -0.4 is 0 Å². The van der Waals surface area contributed by atoms with Crippen molar-refractivity contribution in [3.63, 3.8) is 0 Å². The van der Waals surface area contributed by atoms with E-state index in [2.05, 4.69) is 23.0 Å². The number of thiophene rings is 1. The highest BCUT2D eigenvalue weighted by atomic mass is 32.1. The molecule has 0 saturated heterocycles. The fourth-order valence-electron chi connectivity index (χ4n) is 0.926. The summed E-state index contributed by atoms with van der Waals surface area (Å²) in [6, 6.07) is 4.09. The van der Waals surface area contributed by atoms with Crippen LogP contribution in [0.25, 0.3) is 10.6 Å². The van der Waals surface area contributed by atoms with Crippen LogP contribution in [-0.4, -0.2) is 9.97 Å². The second-order valence-corrected chi connectivity index (χ2v) is 3.61. The summed E-state index contributed by atoms with van der Waals surface area (Å²) in [5, 5.41) is 0. The fourth-order valence-corrected chi connectivity index (χ4v) is 1.76. The molecule has 2 rings (SSSR count). The molecule has 3 heteroatoms. The van der Waals surface area contributed by atoms with Crippen molar-refractivity contribution in [3.8, 4) is 10.6 Å². The number of rotatable bonds is 1. The molecular formula is C8H8N2S. The molecule has 0 unspecified atom stereocenters. The molecule has 0 saturated carbocycles. The van der Waals surface area contributed by atoms with Gasteiger partial charge in [0.1, 0.15) is 1.37 Å². The molecule has 0 aliphatic rings. The third-order valence-electron chi connectivity index (χ3n) is 1.45. The Balaban J connectivity index is 2.43. The van der Waals surface area contributed by atoms with Crippen LogP contribution in [0, 0.1) is 6.92 Å². The largest absolute Gasteiger partial charge is 0.344 e. The van der Waals surface area contributed by atoms with Crippen molar-refractivity contribution in [2.24, 2.45) is 0 Å². The van der Waals surface area contributed by atoms with Gasteiger partial charge < -0.3 is 4.98 Å². The first-order chi connectivity index (χ1) is 5.75. The zero-order valence-electron chi connectivity index (χ0n) is 7.09. The van der Waals surface area contributed by atoms with E-state index in [1.165, 1.54) is 4.88 Å². The van der Waals surface area contributed by atoms with Crippen molar-refractivity contribution in [2.75, 3.05) is 0 Å². The molecule has 0 bridgehead atoms. The zero-order valence-corrected chi connectivity index (χ0v) is 6.90. The molecule has 2 aromatic heterocycles. The zero-order chi connectivity index (χ0) is 8.55. The smallest absolute Gasteiger partial charge is 0.104 e. The van der Waals surface area contributed by atoms with Gasteiger partial charge in [-0.1, -0.05) is 0 Å². The minimum Gasteiger partial charge on any atom is -0.344 e. The summed E-state index contributed by atoms with van der Waals surface area (Å²) < 4.78 is 7.21. The number of H-pyrrole nitrogens is 1. The quantitative estimate of drug-likeness (QED) is 0.690. The van der Waals surface area contributed by atoms with E-state index in [-0.39, 0.29) is 6.30 Å². The Bertz CT molecular complexity index is 353. The van der Waals surface area contributed by atoms with Crippen LogP contribution in [0.4, 0.5) is 0 Å². The molecule has 2 aromatic rings. The van der Waals surface area contributed by atoms with Gasteiger partial charge in [-0.25, -0.2) is 4.98 Å². The van der Waals surface area contributed by atoms with Gasteiger partial charge in [-0.2, -0.15) is 0 Å². The molecule has 56 valence electrons. The van der Waals surface area contributed by atoms with E-state index >= 15 is 0 Å². The topological polar surface area (TPSA) is 28.7 Å². The van der Waals surface area contributed by atoms with Crippen LogP contribution in [-0.2, 0) is 0 Å². The van der Waals surface area contributed by atoms with E-state index in [1.54, 1.807) is 17.5 Å². The first-order valence-corrected chi connectivity index (χ1v) is 4.16. The summed E-state index contributed by atoms with van der Waals surface area (Å²) in [6.45, 7) is 2.06. The third-order valence-corrected chi connectivity index (χ3v) is 2.49. The van der Waals surface area contributed by atoms with Crippen LogP contribution in [0.15, 0.2) is 24.6 Å². The SMILES string of the molecule is [2H]c1ncc(-c2ccc(C)s2)[nH]1. The van der Waals surface area contributed by atoms with Gasteiger partial charge in [0, 0.05) is 4.88 Å². The molecule has 0 aliphatic heterocycles. The highest BCUT2D eigenvalue weighted by molar-refractivity contribution is 7.15. The fraction of sp³-hybridized carbons (Fsp3) is 0.125. The van der Waals surface area contributed by atoms with Gasteiger partial charge in [0.15, 0.2) is 0 Å². The predicted octanol–water partition coefficient (Wildman–Crippen LogP) is 2.45. The summed E-state index contributed by atoms with van der Waals surface area (Å²) in [5.41, 5.74) is 0.929. The number of aromatic nitrogens is 2. The minimum atomic E-state index is 0.219. The second kappa shape index (κ2) is 2.51. The highest BCUT2D eigenvalue weighted by Gasteiger charge is 1.99. The van der Waals surface area contributed by atoms with Gasteiger partial charge in [-0.3, -0.25) is 0 Å². The monoisotopic (exact) mass is 165 g/mol. The van der Waals surface area contributed by atoms with Crippen molar-refractivity contribution < 1.29 is 1.37 Å². The van der Waals surface area contributed by atoms with Crippen LogP contribution in [0.2, 0.25) is 0 Å². The van der Waals surface area contributed by atoms with Gasteiger partial charge in [-0.15, -0.1) is 11.3 Å². The van der Waals surface area contributed by atoms with Crippen molar-refractivity contribution in [1.29, 1.82) is 0 Å². The molecule has 0 amide bonds. The van der Waals surface area contributed by atoms with Crippen LogP contribution in [0.3, 0.4) is 0 Å². The standard InChI is InChI=1S/C8H8N2S/c1-6-2-3-8(11-6)7-4-9-5-10-7/h2-5H,1H3,(H,9,10)/i5D. The van der Waals surface area contributed by atoms with Crippen LogP contribution in [0.1, 0.15) is 6.25 Å². The van der Waals surface area contributed by atoms with Crippen molar-refractivity contribution in [3.05, 3.63) is 29.5 Å². The summed E-state index contributed by atoms with van der Waals surface area (Å²) in [5.74, 6) is 0. The number of hydrogen-bond donors (Lipinski definition) is 1. The molecule has 2 nitrogen and oxygen atoms in total. The average molecular weight is 165 g/mol. The van der Waals surface area contributed by atoms with Gasteiger partial charge in [0.2, 0.25) is 0 Å². The van der Waals surface area contributed by atoms with Gasteiger partial charge in [-0.05, 0) is 19.1 Å². The maximum atomic E-state index is 7.21. The molecule has 0 aromatic carbocycles. The Morgan fingerprint density at radius 3 is 3.09 bits per heavy atom. The number of nitrogens with one attached hydrogen (secondary N) is 1. The van der Waals surface area contributed by atoms with Crippen molar-refractivity contribution in [1.82, 2.24) is 9.97 Å². The lowest BCUT2D eigenvalue weighted by atomic mass is 10.4. The van der Waals surface area contributed by atoms with Crippen LogP contribution >= 0.6 is 11.3 Å². The van der Waals surface area contributed by atoms with E-state index in [0.717, 1.165) is 10.6 Å². The predicted molar refractivity (Wildman–Crippen MR) is 46.6 cm³/mol. The maximum Gasteiger partial charge on any atom is 0.104 e. The lowest BCUT2D eigenvalue weighted by Crippen LogP contribution is -1.66. The Morgan fingerprint density at radius 1 is 1.64 bits per heavy atom. The van der Waals surface area contributed by atoms with Gasteiger partial charge >= 0.3 is 0 Å². The Labute approximate surface area is 70.3 Å². The summed E-state index contributed by atoms with van der Waals surface area (Å²) >= 11 is 1.70. The van der Waals surface area contributed by atoms with E-state index in [1.807, 2.05) is 6.07 Å². The van der Waals surface area contributed by atoms with E-state index < -0.39 is 0 Å². The van der Waals surface area contributed by atoms with Crippen molar-refractivity contribution >= 4 is 11.3 Å². The molecule has 0 spiro atoms. The second-order valence-electron chi connectivity index (χ2n) is 2.32. The Kier molecular flexibility index (Phi) is 1.26. The Hall–Kier alpha value is -1.09. The van der Waals surface area contributed by atoms with Crippen LogP contribution in [0.5, 0.6) is 0 Å². The third kappa shape index (κ3) is 1.19. The lowest BCUT2D eigenvalue weighted by Gasteiger charge is -1.86. The van der Waals surface area contributed by atoms with E-state index in [4.69, 9.17) is 1.37 Å². The first kappa shape index (κ1) is 5.55. The van der Waals surface area contributed by atoms with Gasteiger partial charge in [0.25, 0.3) is 0 Å². The molecule has 0 fully saturated rings. The molecule has 0 aliphatic carbocycles. The number of imidazole rings is 1. The van der Waals surface area contributed by atoms with E-state index in [9.17, 15) is 0 Å². The van der Waals surface area contributed by atoms with Crippen molar-refractivity contribution in [2.45, 2.75) is 6.92 Å². The summed E-state index contributed by atoms with van der Waals surface area (Å²) in [6.07, 6.45) is 1.91. The highest BCUT2D eigenvalue weighted by Crippen LogP contribution is 2.24. The summed E-state index contributed by atoms with van der Waals surface area (Å²) in [7, 11) is 0. The lowest BCUT2D eigenvalue weighted by molar-refractivity contribution is 1.32. The Morgan fingerprint density at radius 2 is 2.55 bits per heavy atom.